The molecule has 17 heavy (non-hydrogen) atoms. The smallest absolute Gasteiger partial charge is 0.328 e. The third kappa shape index (κ3) is 4.45. The van der Waals surface area contributed by atoms with Crippen LogP contribution in [0.5, 0.6) is 0 Å². The minimum Gasteiger partial charge on any atom is -0.382 e. The second-order valence-electron chi connectivity index (χ2n) is 3.36. The molecule has 1 aromatic heterocycles. The summed E-state index contributed by atoms with van der Waals surface area (Å²) in [7, 11) is 1.60. The summed E-state index contributed by atoms with van der Waals surface area (Å²) >= 11 is 3.07. The van der Waals surface area contributed by atoms with E-state index in [0.29, 0.717) is 37.3 Å². The fraction of sp³-hybridized carbons (Fsp3) is 0.600. The minimum absolute atomic E-state index is 0.328. The van der Waals surface area contributed by atoms with Gasteiger partial charge in [0.15, 0.2) is 0 Å². The summed E-state index contributed by atoms with van der Waals surface area (Å²) in [5, 5.41) is 0. The highest BCUT2D eigenvalue weighted by molar-refractivity contribution is 9.10. The normalized spacial score (nSPS) is 10.7. The van der Waals surface area contributed by atoms with Crippen molar-refractivity contribution in [3.63, 3.8) is 0 Å². The van der Waals surface area contributed by atoms with Crippen LogP contribution in [0, 0.1) is 0 Å². The van der Waals surface area contributed by atoms with E-state index in [-0.39, 0.29) is 5.56 Å². The topological polar surface area (TPSA) is 73.3 Å². The van der Waals surface area contributed by atoms with E-state index in [1.54, 1.807) is 7.11 Å². The lowest BCUT2D eigenvalue weighted by Crippen LogP contribution is -2.35. The van der Waals surface area contributed by atoms with Crippen LogP contribution < -0.4 is 11.2 Å². The Balaban J connectivity index is 2.45. The lowest BCUT2D eigenvalue weighted by Gasteiger charge is -2.05. The van der Waals surface area contributed by atoms with E-state index < -0.39 is 5.69 Å². The van der Waals surface area contributed by atoms with Gasteiger partial charge in [-0.05, 0) is 22.4 Å². The molecule has 0 bridgehead atoms. The molecule has 0 saturated heterocycles. The molecule has 96 valence electrons. The van der Waals surface area contributed by atoms with Gasteiger partial charge >= 0.3 is 5.69 Å². The molecule has 0 unspecified atom stereocenters. The third-order valence-electron chi connectivity index (χ3n) is 2.12. The van der Waals surface area contributed by atoms with Crippen molar-refractivity contribution in [2.75, 3.05) is 26.9 Å². The second-order valence-corrected chi connectivity index (χ2v) is 4.21. The molecular weight excluding hydrogens is 292 g/mol. The maximum absolute atomic E-state index is 11.6. The maximum Gasteiger partial charge on any atom is 0.328 e. The van der Waals surface area contributed by atoms with E-state index in [9.17, 15) is 9.59 Å². The van der Waals surface area contributed by atoms with Gasteiger partial charge in [0.05, 0.1) is 17.7 Å². The number of ether oxygens (including phenoxy) is 2. The molecule has 0 aromatic carbocycles. The zero-order valence-corrected chi connectivity index (χ0v) is 11.2. The predicted octanol–water partition coefficient (Wildman–Crippen LogP) is 0.352. The summed E-state index contributed by atoms with van der Waals surface area (Å²) in [6.07, 6.45) is 1.94. The summed E-state index contributed by atoms with van der Waals surface area (Å²) in [4.78, 5) is 25.4. The van der Waals surface area contributed by atoms with Crippen LogP contribution in [0.15, 0.2) is 20.3 Å². The fourth-order valence-corrected chi connectivity index (χ4v) is 1.59. The summed E-state index contributed by atoms with van der Waals surface area (Å²) < 4.78 is 11.5. The van der Waals surface area contributed by atoms with Gasteiger partial charge in [0.2, 0.25) is 0 Å². The highest BCUT2D eigenvalue weighted by Crippen LogP contribution is 1.96. The molecule has 1 aromatic rings. The van der Waals surface area contributed by atoms with Crippen molar-refractivity contribution in [1.82, 2.24) is 9.55 Å². The van der Waals surface area contributed by atoms with Crippen LogP contribution in [0.25, 0.3) is 0 Å². The Morgan fingerprint density at radius 2 is 2.12 bits per heavy atom. The SMILES string of the molecule is COCCOCCCn1c(=O)[nH]cc(Br)c1=O. The lowest BCUT2D eigenvalue weighted by molar-refractivity contribution is 0.0678. The first-order valence-electron chi connectivity index (χ1n) is 5.21. The Bertz CT molecular complexity index is 454. The largest absolute Gasteiger partial charge is 0.382 e. The number of nitrogens with zero attached hydrogens (tertiary/aromatic N) is 1. The fourth-order valence-electron chi connectivity index (χ4n) is 1.26. The average molecular weight is 307 g/mol. The van der Waals surface area contributed by atoms with Crippen molar-refractivity contribution in [2.45, 2.75) is 13.0 Å². The minimum atomic E-state index is -0.407. The van der Waals surface area contributed by atoms with Crippen molar-refractivity contribution >= 4 is 15.9 Å². The molecule has 6 nitrogen and oxygen atoms in total. The maximum atomic E-state index is 11.6. The molecule has 0 spiro atoms. The van der Waals surface area contributed by atoms with E-state index in [2.05, 4.69) is 20.9 Å². The highest BCUT2D eigenvalue weighted by atomic mass is 79.9. The van der Waals surface area contributed by atoms with Crippen LogP contribution in [0.4, 0.5) is 0 Å². The van der Waals surface area contributed by atoms with Gasteiger partial charge < -0.3 is 14.5 Å². The zero-order chi connectivity index (χ0) is 12.7. The molecule has 0 saturated carbocycles. The van der Waals surface area contributed by atoms with E-state index >= 15 is 0 Å². The summed E-state index contributed by atoms with van der Waals surface area (Å²) in [6, 6.07) is 0. The molecule has 0 atom stereocenters. The highest BCUT2D eigenvalue weighted by Gasteiger charge is 2.04. The average Bonchev–Trinajstić information content (AvgIpc) is 2.32. The van der Waals surface area contributed by atoms with Crippen molar-refractivity contribution in [1.29, 1.82) is 0 Å². The predicted molar refractivity (Wildman–Crippen MR) is 66.3 cm³/mol. The molecule has 0 fully saturated rings. The molecule has 0 radical (unpaired) electrons. The third-order valence-corrected chi connectivity index (χ3v) is 2.69. The van der Waals surface area contributed by atoms with Gasteiger partial charge in [0, 0.05) is 26.5 Å². The van der Waals surface area contributed by atoms with Gasteiger partial charge in [-0.2, -0.15) is 0 Å². The molecular formula is C10H15BrN2O4. The van der Waals surface area contributed by atoms with Crippen LogP contribution in [0.1, 0.15) is 6.42 Å². The van der Waals surface area contributed by atoms with Gasteiger partial charge in [-0.1, -0.05) is 0 Å². The summed E-state index contributed by atoms with van der Waals surface area (Å²) in [5.41, 5.74) is -0.735. The van der Waals surface area contributed by atoms with Gasteiger partial charge in [-0.25, -0.2) is 4.79 Å². The van der Waals surface area contributed by atoms with Crippen LogP contribution in [0.3, 0.4) is 0 Å². The van der Waals surface area contributed by atoms with Gasteiger partial charge in [0.25, 0.3) is 5.56 Å². The number of H-pyrrole nitrogens is 1. The standard InChI is InChI=1S/C10H15BrN2O4/c1-16-5-6-17-4-2-3-13-9(14)8(11)7-12-10(13)15/h7H,2-6H2,1H3,(H,12,15). The number of nitrogens with one attached hydrogen (secondary N) is 1. The summed E-state index contributed by atoms with van der Waals surface area (Å²) in [6.45, 7) is 1.87. The number of aromatic nitrogens is 2. The van der Waals surface area contributed by atoms with Gasteiger partial charge in [0.1, 0.15) is 0 Å². The molecule has 1 rings (SSSR count). The molecule has 1 N–H and O–H groups in total. The van der Waals surface area contributed by atoms with Crippen molar-refractivity contribution in [3.8, 4) is 0 Å². The number of aromatic amines is 1. The first kappa shape index (κ1) is 14.1. The van der Waals surface area contributed by atoms with Crippen molar-refractivity contribution < 1.29 is 9.47 Å². The monoisotopic (exact) mass is 306 g/mol. The number of halogens is 1. The van der Waals surface area contributed by atoms with Crippen LogP contribution >= 0.6 is 15.9 Å². The Kier molecular flexibility index (Phi) is 6.17. The molecule has 0 amide bonds. The Labute approximate surface area is 107 Å². The lowest BCUT2D eigenvalue weighted by atomic mass is 10.4. The van der Waals surface area contributed by atoms with E-state index in [0.717, 1.165) is 4.57 Å². The second kappa shape index (κ2) is 7.41. The van der Waals surface area contributed by atoms with Crippen molar-refractivity contribution in [2.24, 2.45) is 0 Å². The van der Waals surface area contributed by atoms with Crippen LogP contribution in [-0.4, -0.2) is 36.5 Å². The van der Waals surface area contributed by atoms with Crippen molar-refractivity contribution in [3.05, 3.63) is 31.5 Å². The van der Waals surface area contributed by atoms with Gasteiger partial charge in [-0.15, -0.1) is 0 Å². The number of hydrogen-bond donors (Lipinski definition) is 1. The van der Waals surface area contributed by atoms with Gasteiger partial charge in [-0.3, -0.25) is 9.36 Å². The molecule has 0 aliphatic heterocycles. The van der Waals surface area contributed by atoms with Crippen LogP contribution in [-0.2, 0) is 16.0 Å². The first-order chi connectivity index (χ1) is 8.16. The quantitative estimate of drug-likeness (QED) is 0.738. The first-order valence-corrected chi connectivity index (χ1v) is 6.01. The van der Waals surface area contributed by atoms with E-state index in [4.69, 9.17) is 9.47 Å². The molecule has 0 aliphatic rings. The number of methoxy groups -OCH3 is 1. The molecule has 1 heterocycles. The molecule has 0 aliphatic carbocycles. The number of hydrogen-bond acceptors (Lipinski definition) is 4. The zero-order valence-electron chi connectivity index (χ0n) is 9.57. The molecule has 7 heteroatoms. The summed E-state index contributed by atoms with van der Waals surface area (Å²) in [5.74, 6) is 0. The Morgan fingerprint density at radius 1 is 1.35 bits per heavy atom. The number of rotatable bonds is 7. The van der Waals surface area contributed by atoms with E-state index in [1.807, 2.05) is 0 Å². The Hall–Kier alpha value is -0.920. The van der Waals surface area contributed by atoms with Crippen LogP contribution in [0.2, 0.25) is 0 Å². The van der Waals surface area contributed by atoms with E-state index in [1.165, 1.54) is 6.20 Å². The Morgan fingerprint density at radius 3 is 2.82 bits per heavy atom.